The number of aliphatic hydroxyl groups excluding tert-OH is 1. The van der Waals surface area contributed by atoms with E-state index in [0.29, 0.717) is 18.2 Å². The summed E-state index contributed by atoms with van der Waals surface area (Å²) in [7, 11) is 0. The average molecular weight is 252 g/mol. The monoisotopic (exact) mass is 252 g/mol. The van der Waals surface area contributed by atoms with Crippen LogP contribution in [0.5, 0.6) is 0 Å². The molecule has 0 saturated heterocycles. The molecule has 6 heteroatoms. The summed E-state index contributed by atoms with van der Waals surface area (Å²) in [6.07, 6.45) is 1.60. The van der Waals surface area contributed by atoms with Gasteiger partial charge in [-0.15, -0.1) is 0 Å². The van der Waals surface area contributed by atoms with Crippen molar-refractivity contribution in [3.63, 3.8) is 0 Å². The third-order valence-electron chi connectivity index (χ3n) is 2.76. The summed E-state index contributed by atoms with van der Waals surface area (Å²) in [5.74, 6) is 0.333. The summed E-state index contributed by atoms with van der Waals surface area (Å²) < 4.78 is 0. The van der Waals surface area contributed by atoms with Crippen molar-refractivity contribution in [2.45, 2.75) is 26.4 Å². The lowest BCUT2D eigenvalue weighted by atomic mass is 10.1. The van der Waals surface area contributed by atoms with Crippen LogP contribution in [-0.2, 0) is 6.54 Å². The maximum absolute atomic E-state index is 9.21. The molecule has 0 aromatic carbocycles. The predicted octanol–water partition coefficient (Wildman–Crippen LogP) is 0.283. The van der Waals surface area contributed by atoms with Gasteiger partial charge in [0.05, 0.1) is 6.61 Å². The maximum Gasteiger partial charge on any atom is 0.188 e. The molecular formula is C12H20N4O2. The van der Waals surface area contributed by atoms with Crippen LogP contribution in [0.3, 0.4) is 0 Å². The number of nitrogens with zero attached hydrogens (tertiary/aromatic N) is 2. The molecule has 1 rings (SSSR count). The van der Waals surface area contributed by atoms with E-state index in [2.05, 4.69) is 15.5 Å². The van der Waals surface area contributed by atoms with E-state index in [1.54, 1.807) is 12.3 Å². The van der Waals surface area contributed by atoms with Crippen LogP contribution in [0.2, 0.25) is 0 Å². The lowest BCUT2D eigenvalue weighted by Crippen LogP contribution is -2.36. The highest BCUT2D eigenvalue weighted by atomic mass is 16.4. The first-order chi connectivity index (χ1) is 8.58. The molecule has 0 saturated carbocycles. The average Bonchev–Trinajstić information content (AvgIpc) is 2.38. The molecule has 1 aromatic heterocycles. The van der Waals surface area contributed by atoms with Crippen LogP contribution in [0.25, 0.3) is 0 Å². The number of hydrogen-bond donors (Lipinski definition) is 4. The SMILES string of the molecule is CC(C)[C@@H](CO)NCc1ccnc(C(N)=NO)c1. The van der Waals surface area contributed by atoms with Crippen LogP contribution < -0.4 is 11.1 Å². The van der Waals surface area contributed by atoms with Gasteiger partial charge >= 0.3 is 0 Å². The molecule has 100 valence electrons. The summed E-state index contributed by atoms with van der Waals surface area (Å²) in [6, 6.07) is 3.64. The standard InChI is InChI=1S/C12H20N4O2/c1-8(2)11(7-17)15-6-9-3-4-14-10(5-9)12(13)16-18/h3-5,8,11,15,17-18H,6-7H2,1-2H3,(H2,13,16)/t11-/m1/s1. The van der Waals surface area contributed by atoms with E-state index >= 15 is 0 Å². The van der Waals surface area contributed by atoms with Crippen molar-refractivity contribution in [1.82, 2.24) is 10.3 Å². The van der Waals surface area contributed by atoms with Crippen molar-refractivity contribution in [2.75, 3.05) is 6.61 Å². The molecule has 0 aliphatic carbocycles. The molecule has 6 nitrogen and oxygen atoms in total. The number of oxime groups is 1. The highest BCUT2D eigenvalue weighted by Crippen LogP contribution is 2.05. The Morgan fingerprint density at radius 3 is 2.83 bits per heavy atom. The molecule has 0 spiro atoms. The molecule has 5 N–H and O–H groups in total. The van der Waals surface area contributed by atoms with Gasteiger partial charge < -0.3 is 21.4 Å². The Kier molecular flexibility index (Phi) is 5.54. The van der Waals surface area contributed by atoms with Crippen molar-refractivity contribution in [3.05, 3.63) is 29.6 Å². The second-order valence-corrected chi connectivity index (χ2v) is 4.45. The minimum atomic E-state index is -0.0144. The minimum Gasteiger partial charge on any atom is -0.409 e. The zero-order chi connectivity index (χ0) is 13.5. The summed E-state index contributed by atoms with van der Waals surface area (Å²) in [5.41, 5.74) is 6.87. The van der Waals surface area contributed by atoms with E-state index in [4.69, 9.17) is 10.9 Å². The first-order valence-corrected chi connectivity index (χ1v) is 5.85. The maximum atomic E-state index is 9.21. The van der Waals surface area contributed by atoms with Crippen molar-refractivity contribution < 1.29 is 10.3 Å². The van der Waals surface area contributed by atoms with Gasteiger partial charge in [0.1, 0.15) is 5.69 Å². The highest BCUT2D eigenvalue weighted by Gasteiger charge is 2.11. The number of amidine groups is 1. The fraction of sp³-hybridized carbons (Fsp3) is 0.500. The predicted molar refractivity (Wildman–Crippen MR) is 69.3 cm³/mol. The van der Waals surface area contributed by atoms with Crippen LogP contribution in [0, 0.1) is 5.92 Å². The van der Waals surface area contributed by atoms with Gasteiger partial charge in [0, 0.05) is 18.8 Å². The lowest BCUT2D eigenvalue weighted by Gasteiger charge is -2.20. The highest BCUT2D eigenvalue weighted by molar-refractivity contribution is 5.95. The number of rotatable bonds is 6. The summed E-state index contributed by atoms with van der Waals surface area (Å²) in [4.78, 5) is 4.00. The van der Waals surface area contributed by atoms with E-state index < -0.39 is 0 Å². The number of aromatic nitrogens is 1. The molecule has 0 fully saturated rings. The quantitative estimate of drug-likeness (QED) is 0.252. The molecule has 0 aliphatic heterocycles. The minimum absolute atomic E-state index is 0.0144. The number of pyridine rings is 1. The molecule has 1 aromatic rings. The molecule has 0 bridgehead atoms. The molecule has 0 aliphatic rings. The zero-order valence-electron chi connectivity index (χ0n) is 10.7. The second kappa shape index (κ2) is 6.93. The summed E-state index contributed by atoms with van der Waals surface area (Å²) >= 11 is 0. The molecule has 1 heterocycles. The summed E-state index contributed by atoms with van der Waals surface area (Å²) in [6.45, 7) is 4.78. The number of nitrogens with one attached hydrogen (secondary N) is 1. The third kappa shape index (κ3) is 3.97. The number of nitrogens with two attached hydrogens (primary N) is 1. The second-order valence-electron chi connectivity index (χ2n) is 4.45. The van der Waals surface area contributed by atoms with E-state index in [1.807, 2.05) is 19.9 Å². The van der Waals surface area contributed by atoms with Crippen molar-refractivity contribution >= 4 is 5.84 Å². The molecule has 18 heavy (non-hydrogen) atoms. The van der Waals surface area contributed by atoms with E-state index in [9.17, 15) is 5.11 Å². The Morgan fingerprint density at radius 2 is 2.28 bits per heavy atom. The van der Waals surface area contributed by atoms with Gasteiger partial charge in [-0.2, -0.15) is 0 Å². The molecule has 1 atom stereocenters. The van der Waals surface area contributed by atoms with Crippen LogP contribution >= 0.6 is 0 Å². The largest absolute Gasteiger partial charge is 0.409 e. The molecule has 0 radical (unpaired) electrons. The van der Waals surface area contributed by atoms with Gasteiger partial charge in [0.15, 0.2) is 5.84 Å². The first kappa shape index (κ1) is 14.4. The Bertz CT molecular complexity index is 407. The Labute approximate surface area is 107 Å². The van der Waals surface area contributed by atoms with Crippen LogP contribution in [0.4, 0.5) is 0 Å². The van der Waals surface area contributed by atoms with Gasteiger partial charge in [-0.05, 0) is 23.6 Å². The first-order valence-electron chi connectivity index (χ1n) is 5.85. The topological polar surface area (TPSA) is 104 Å². The molecule has 0 amide bonds. The Balaban J connectivity index is 2.68. The van der Waals surface area contributed by atoms with Crippen molar-refractivity contribution in [3.8, 4) is 0 Å². The lowest BCUT2D eigenvalue weighted by molar-refractivity contribution is 0.210. The fourth-order valence-corrected chi connectivity index (χ4v) is 1.54. The van der Waals surface area contributed by atoms with Crippen molar-refractivity contribution in [1.29, 1.82) is 0 Å². The number of hydrogen-bond acceptors (Lipinski definition) is 5. The van der Waals surface area contributed by atoms with Gasteiger partial charge in [-0.3, -0.25) is 4.98 Å². The van der Waals surface area contributed by atoms with Crippen LogP contribution in [0.1, 0.15) is 25.1 Å². The van der Waals surface area contributed by atoms with Crippen LogP contribution in [0.15, 0.2) is 23.5 Å². The molecule has 0 unspecified atom stereocenters. The normalized spacial score (nSPS) is 13.9. The Morgan fingerprint density at radius 1 is 1.56 bits per heavy atom. The molecular weight excluding hydrogens is 232 g/mol. The van der Waals surface area contributed by atoms with Gasteiger partial charge in [-0.1, -0.05) is 19.0 Å². The van der Waals surface area contributed by atoms with Gasteiger partial charge in [0.25, 0.3) is 0 Å². The van der Waals surface area contributed by atoms with Gasteiger partial charge in [0.2, 0.25) is 0 Å². The van der Waals surface area contributed by atoms with E-state index in [0.717, 1.165) is 5.56 Å². The van der Waals surface area contributed by atoms with E-state index in [-0.39, 0.29) is 18.5 Å². The Hall–Kier alpha value is -1.66. The fourth-order valence-electron chi connectivity index (χ4n) is 1.54. The van der Waals surface area contributed by atoms with Crippen LogP contribution in [-0.4, -0.2) is 33.8 Å². The van der Waals surface area contributed by atoms with Crippen molar-refractivity contribution in [2.24, 2.45) is 16.8 Å². The third-order valence-corrected chi connectivity index (χ3v) is 2.76. The van der Waals surface area contributed by atoms with E-state index in [1.165, 1.54) is 0 Å². The smallest absolute Gasteiger partial charge is 0.188 e. The number of aliphatic hydroxyl groups is 1. The zero-order valence-corrected chi connectivity index (χ0v) is 10.7. The summed E-state index contributed by atoms with van der Waals surface area (Å²) in [5, 5.41) is 23.9. The van der Waals surface area contributed by atoms with Gasteiger partial charge in [-0.25, -0.2) is 0 Å².